The lowest BCUT2D eigenvalue weighted by Gasteiger charge is -2.33. The van der Waals surface area contributed by atoms with Gasteiger partial charge in [-0.3, -0.25) is 4.79 Å². The largest absolute Gasteiger partial charge is 0.352 e. The topological polar surface area (TPSA) is 32.3 Å². The first kappa shape index (κ1) is 18.7. The lowest BCUT2D eigenvalue weighted by atomic mass is 9.90. The number of piperidine rings is 1. The van der Waals surface area contributed by atoms with Crippen molar-refractivity contribution >= 4 is 5.91 Å². The average Bonchev–Trinajstić information content (AvgIpc) is 2.69. The molecule has 0 aliphatic carbocycles. The van der Waals surface area contributed by atoms with Crippen LogP contribution in [0.4, 0.5) is 0 Å². The van der Waals surface area contributed by atoms with E-state index in [1.165, 1.54) is 19.4 Å². The van der Waals surface area contributed by atoms with Crippen molar-refractivity contribution in [3.63, 3.8) is 0 Å². The fraction of sp³-hybridized carbons (Fsp3) is 0.435. The number of likely N-dealkylation sites (tertiary alicyclic amines) is 1. The fourth-order valence-electron chi connectivity index (χ4n) is 3.75. The molecule has 0 radical (unpaired) electrons. The zero-order valence-electron chi connectivity index (χ0n) is 15.7. The van der Waals surface area contributed by atoms with Gasteiger partial charge in [0.1, 0.15) is 0 Å². The number of amides is 1. The van der Waals surface area contributed by atoms with Crippen LogP contribution in [0.25, 0.3) is 0 Å². The van der Waals surface area contributed by atoms with Crippen LogP contribution in [0.3, 0.4) is 0 Å². The molecule has 0 atom stereocenters. The van der Waals surface area contributed by atoms with Gasteiger partial charge in [0.25, 0.3) is 0 Å². The summed E-state index contributed by atoms with van der Waals surface area (Å²) < 4.78 is 0. The maximum Gasteiger partial charge on any atom is 0.232 e. The summed E-state index contributed by atoms with van der Waals surface area (Å²) in [5.74, 6) is -0.120. The Morgan fingerprint density at radius 1 is 1.00 bits per heavy atom. The van der Waals surface area contributed by atoms with Crippen LogP contribution in [0.5, 0.6) is 0 Å². The van der Waals surface area contributed by atoms with Gasteiger partial charge < -0.3 is 10.2 Å². The molecule has 1 aliphatic rings. The third kappa shape index (κ3) is 4.95. The first-order valence-electron chi connectivity index (χ1n) is 9.90. The van der Waals surface area contributed by atoms with Crippen molar-refractivity contribution in [2.75, 3.05) is 19.6 Å². The number of hydrogen-bond donors (Lipinski definition) is 1. The van der Waals surface area contributed by atoms with E-state index >= 15 is 0 Å². The minimum absolute atomic E-state index is 0.120. The van der Waals surface area contributed by atoms with Crippen molar-refractivity contribution in [3.8, 4) is 0 Å². The van der Waals surface area contributed by atoms with E-state index in [9.17, 15) is 4.79 Å². The van der Waals surface area contributed by atoms with E-state index in [1.807, 2.05) is 60.7 Å². The standard InChI is InChI=1S/C23H30N2O/c1-2-3-16-25-17-14-21(15-18-25)24-23(26)22(19-10-6-4-7-11-19)20-12-8-5-9-13-20/h4-13,21-22H,2-3,14-18H2,1H3,(H,24,26). The number of nitrogens with zero attached hydrogens (tertiary/aromatic N) is 1. The number of benzene rings is 2. The lowest BCUT2D eigenvalue weighted by Crippen LogP contribution is -2.46. The highest BCUT2D eigenvalue weighted by Crippen LogP contribution is 2.25. The predicted molar refractivity (Wildman–Crippen MR) is 107 cm³/mol. The Hall–Kier alpha value is -2.13. The van der Waals surface area contributed by atoms with E-state index in [2.05, 4.69) is 17.1 Å². The third-order valence-corrected chi connectivity index (χ3v) is 5.29. The first-order valence-corrected chi connectivity index (χ1v) is 9.90. The van der Waals surface area contributed by atoms with E-state index in [0.717, 1.165) is 37.1 Å². The van der Waals surface area contributed by atoms with Gasteiger partial charge in [-0.1, -0.05) is 74.0 Å². The zero-order chi connectivity index (χ0) is 18.2. The van der Waals surface area contributed by atoms with E-state index in [0.29, 0.717) is 0 Å². The average molecular weight is 351 g/mol. The van der Waals surface area contributed by atoms with Crippen molar-refractivity contribution in [2.45, 2.75) is 44.6 Å². The van der Waals surface area contributed by atoms with Crippen molar-refractivity contribution in [2.24, 2.45) is 0 Å². The molecule has 26 heavy (non-hydrogen) atoms. The molecule has 138 valence electrons. The number of unbranched alkanes of at least 4 members (excludes halogenated alkanes) is 1. The summed E-state index contributed by atoms with van der Waals surface area (Å²) in [5, 5.41) is 3.33. The van der Waals surface area contributed by atoms with Gasteiger partial charge in [0.2, 0.25) is 5.91 Å². The number of nitrogens with one attached hydrogen (secondary N) is 1. The van der Waals surface area contributed by atoms with Crippen LogP contribution in [-0.2, 0) is 4.79 Å². The molecule has 1 saturated heterocycles. The van der Waals surface area contributed by atoms with Gasteiger partial charge in [-0.15, -0.1) is 0 Å². The molecule has 0 spiro atoms. The van der Waals surface area contributed by atoms with Gasteiger partial charge in [-0.2, -0.15) is 0 Å². The molecule has 1 aliphatic heterocycles. The highest BCUT2D eigenvalue weighted by molar-refractivity contribution is 5.87. The van der Waals surface area contributed by atoms with E-state index < -0.39 is 0 Å². The summed E-state index contributed by atoms with van der Waals surface area (Å²) in [5.41, 5.74) is 2.10. The molecule has 1 N–H and O–H groups in total. The first-order chi connectivity index (χ1) is 12.8. The Morgan fingerprint density at radius 3 is 2.04 bits per heavy atom. The summed E-state index contributed by atoms with van der Waals surface area (Å²) in [6.45, 7) is 5.60. The second-order valence-electron chi connectivity index (χ2n) is 7.23. The summed E-state index contributed by atoms with van der Waals surface area (Å²) in [7, 11) is 0. The molecule has 2 aromatic carbocycles. The van der Waals surface area contributed by atoms with Crippen molar-refractivity contribution in [1.29, 1.82) is 0 Å². The molecule has 1 fully saturated rings. The van der Waals surface area contributed by atoms with Crippen LogP contribution in [0.2, 0.25) is 0 Å². The lowest BCUT2D eigenvalue weighted by molar-refractivity contribution is -0.122. The molecule has 0 unspecified atom stereocenters. The van der Waals surface area contributed by atoms with Crippen LogP contribution < -0.4 is 5.32 Å². The molecular formula is C23H30N2O. The summed E-state index contributed by atoms with van der Waals surface area (Å²) >= 11 is 0. The van der Waals surface area contributed by atoms with Crippen LogP contribution in [0.1, 0.15) is 49.7 Å². The molecular weight excluding hydrogens is 320 g/mol. The predicted octanol–water partition coefficient (Wildman–Crippen LogP) is 4.20. The SMILES string of the molecule is CCCCN1CCC(NC(=O)C(c2ccccc2)c2ccccc2)CC1. The van der Waals surface area contributed by atoms with E-state index in [1.54, 1.807) is 0 Å². The monoisotopic (exact) mass is 350 g/mol. The number of carbonyl (C=O) groups is 1. The Kier molecular flexibility index (Phi) is 6.84. The van der Waals surface area contributed by atoms with Gasteiger partial charge >= 0.3 is 0 Å². The molecule has 1 heterocycles. The number of carbonyl (C=O) groups excluding carboxylic acids is 1. The minimum Gasteiger partial charge on any atom is -0.352 e. The van der Waals surface area contributed by atoms with Crippen molar-refractivity contribution < 1.29 is 4.79 Å². The maximum atomic E-state index is 13.1. The van der Waals surface area contributed by atoms with Crippen LogP contribution in [-0.4, -0.2) is 36.5 Å². The zero-order valence-corrected chi connectivity index (χ0v) is 15.7. The maximum absolute atomic E-state index is 13.1. The normalized spacial score (nSPS) is 15.9. The van der Waals surface area contributed by atoms with Crippen LogP contribution in [0, 0.1) is 0 Å². The molecule has 0 aromatic heterocycles. The van der Waals surface area contributed by atoms with Crippen molar-refractivity contribution in [3.05, 3.63) is 71.8 Å². The van der Waals surface area contributed by atoms with E-state index in [4.69, 9.17) is 0 Å². The van der Waals surface area contributed by atoms with Crippen molar-refractivity contribution in [1.82, 2.24) is 10.2 Å². The quantitative estimate of drug-likeness (QED) is 0.812. The van der Waals surface area contributed by atoms with Crippen LogP contribution >= 0.6 is 0 Å². The Morgan fingerprint density at radius 2 is 1.54 bits per heavy atom. The molecule has 3 nitrogen and oxygen atoms in total. The molecule has 0 bridgehead atoms. The summed E-state index contributed by atoms with van der Waals surface area (Å²) in [4.78, 5) is 15.7. The number of hydrogen-bond acceptors (Lipinski definition) is 2. The fourth-order valence-corrected chi connectivity index (χ4v) is 3.75. The van der Waals surface area contributed by atoms with Gasteiger partial charge in [-0.05, 0) is 36.9 Å². The van der Waals surface area contributed by atoms with Gasteiger partial charge in [-0.25, -0.2) is 0 Å². The molecule has 2 aromatic rings. The smallest absolute Gasteiger partial charge is 0.232 e. The van der Waals surface area contributed by atoms with Gasteiger partial charge in [0.15, 0.2) is 0 Å². The minimum atomic E-state index is -0.240. The Balaban J connectivity index is 1.66. The Labute approximate surface area is 157 Å². The summed E-state index contributed by atoms with van der Waals surface area (Å²) in [6.07, 6.45) is 4.60. The number of rotatable bonds is 7. The Bertz CT molecular complexity index is 624. The van der Waals surface area contributed by atoms with Gasteiger partial charge in [0.05, 0.1) is 5.92 Å². The second-order valence-corrected chi connectivity index (χ2v) is 7.23. The van der Waals surface area contributed by atoms with Gasteiger partial charge in [0, 0.05) is 19.1 Å². The molecule has 3 rings (SSSR count). The van der Waals surface area contributed by atoms with Crippen LogP contribution in [0.15, 0.2) is 60.7 Å². The molecule has 1 amide bonds. The molecule has 0 saturated carbocycles. The van der Waals surface area contributed by atoms with E-state index in [-0.39, 0.29) is 17.9 Å². The molecule has 3 heteroatoms. The highest BCUT2D eigenvalue weighted by atomic mass is 16.1. The third-order valence-electron chi connectivity index (χ3n) is 5.29. The highest BCUT2D eigenvalue weighted by Gasteiger charge is 2.26. The second kappa shape index (κ2) is 9.54. The summed E-state index contributed by atoms with van der Waals surface area (Å²) in [6, 6.07) is 20.5.